The molecule has 1 unspecified atom stereocenters. The molecule has 2 amide bonds. The summed E-state index contributed by atoms with van der Waals surface area (Å²) in [5, 5.41) is 2.86. The van der Waals surface area contributed by atoms with Gasteiger partial charge in [0.05, 0.1) is 16.9 Å². The summed E-state index contributed by atoms with van der Waals surface area (Å²) in [6, 6.07) is 10.9. The van der Waals surface area contributed by atoms with Crippen LogP contribution in [-0.2, 0) is 20.9 Å². The number of carbonyl (C=O) groups excluding carboxylic acids is 3. The van der Waals surface area contributed by atoms with E-state index in [-0.39, 0.29) is 35.8 Å². The molecule has 1 atom stereocenters. The van der Waals surface area contributed by atoms with Gasteiger partial charge in [-0.1, -0.05) is 12.1 Å². The van der Waals surface area contributed by atoms with Gasteiger partial charge in [-0.25, -0.2) is 9.18 Å². The minimum absolute atomic E-state index is 0.0679. The van der Waals surface area contributed by atoms with Gasteiger partial charge in [0.1, 0.15) is 11.9 Å². The molecular weight excluding hydrogens is 401 g/mol. The molecule has 8 heteroatoms. The molecule has 31 heavy (non-hydrogen) atoms. The minimum atomic E-state index is -0.643. The molecular formula is C23H24FN3O4. The number of nitrogens with zero attached hydrogens (tertiary/aromatic N) is 2. The number of hydrogen-bond donors (Lipinski definition) is 1. The highest BCUT2D eigenvalue weighted by molar-refractivity contribution is 6.05. The lowest BCUT2D eigenvalue weighted by Gasteiger charge is -2.33. The molecule has 2 aliphatic rings. The SMILES string of the molecule is CCN(Cc1cccc(F)c1)C(=O)COC(=O)c1ccc2c(c1)NC(=O)C1CCCN21. The quantitative estimate of drug-likeness (QED) is 0.720. The van der Waals surface area contributed by atoms with E-state index in [2.05, 4.69) is 10.2 Å². The Kier molecular flexibility index (Phi) is 5.88. The first-order chi connectivity index (χ1) is 15.0. The topological polar surface area (TPSA) is 79.0 Å². The van der Waals surface area contributed by atoms with Gasteiger partial charge in [-0.2, -0.15) is 0 Å². The molecule has 4 rings (SSSR count). The normalized spacial score (nSPS) is 16.9. The van der Waals surface area contributed by atoms with E-state index in [1.807, 2.05) is 0 Å². The van der Waals surface area contributed by atoms with Crippen LogP contribution in [0.25, 0.3) is 0 Å². The fourth-order valence-electron chi connectivity index (χ4n) is 4.09. The second-order valence-corrected chi connectivity index (χ2v) is 7.69. The number of amides is 2. The summed E-state index contributed by atoms with van der Waals surface area (Å²) >= 11 is 0. The van der Waals surface area contributed by atoms with Crippen molar-refractivity contribution in [2.75, 3.05) is 29.9 Å². The number of halogens is 1. The van der Waals surface area contributed by atoms with Crippen molar-refractivity contribution in [3.63, 3.8) is 0 Å². The van der Waals surface area contributed by atoms with Crippen molar-refractivity contribution in [1.29, 1.82) is 0 Å². The van der Waals surface area contributed by atoms with Crippen LogP contribution < -0.4 is 10.2 Å². The van der Waals surface area contributed by atoms with Crippen molar-refractivity contribution < 1.29 is 23.5 Å². The molecule has 2 heterocycles. The average Bonchev–Trinajstić information content (AvgIpc) is 3.26. The highest BCUT2D eigenvalue weighted by atomic mass is 19.1. The van der Waals surface area contributed by atoms with Crippen LogP contribution in [-0.4, -0.2) is 48.4 Å². The van der Waals surface area contributed by atoms with E-state index in [9.17, 15) is 18.8 Å². The summed E-state index contributed by atoms with van der Waals surface area (Å²) < 4.78 is 18.6. The third-order valence-electron chi connectivity index (χ3n) is 5.68. The fraction of sp³-hybridized carbons (Fsp3) is 0.348. The highest BCUT2D eigenvalue weighted by Gasteiger charge is 2.36. The zero-order chi connectivity index (χ0) is 22.0. The zero-order valence-electron chi connectivity index (χ0n) is 17.3. The van der Waals surface area contributed by atoms with Crippen molar-refractivity contribution in [2.45, 2.75) is 32.4 Å². The van der Waals surface area contributed by atoms with Gasteiger partial charge < -0.3 is 19.9 Å². The number of hydrogen-bond acceptors (Lipinski definition) is 5. The van der Waals surface area contributed by atoms with E-state index < -0.39 is 12.6 Å². The van der Waals surface area contributed by atoms with Crippen molar-refractivity contribution in [1.82, 2.24) is 4.90 Å². The Balaban J connectivity index is 1.38. The highest BCUT2D eigenvalue weighted by Crippen LogP contribution is 2.37. The molecule has 0 aliphatic carbocycles. The first-order valence-corrected chi connectivity index (χ1v) is 10.4. The largest absolute Gasteiger partial charge is 0.452 e. The number of fused-ring (bicyclic) bond motifs is 3. The van der Waals surface area contributed by atoms with Crippen molar-refractivity contribution in [3.8, 4) is 0 Å². The van der Waals surface area contributed by atoms with Crippen LogP contribution in [0.4, 0.5) is 15.8 Å². The minimum Gasteiger partial charge on any atom is -0.452 e. The van der Waals surface area contributed by atoms with Gasteiger partial charge >= 0.3 is 5.97 Å². The van der Waals surface area contributed by atoms with Gasteiger partial charge in [-0.3, -0.25) is 9.59 Å². The summed E-state index contributed by atoms with van der Waals surface area (Å²) in [6.45, 7) is 2.82. The second kappa shape index (κ2) is 8.75. The van der Waals surface area contributed by atoms with Crippen LogP contribution in [0.5, 0.6) is 0 Å². The van der Waals surface area contributed by atoms with Crippen molar-refractivity contribution >= 4 is 29.2 Å². The van der Waals surface area contributed by atoms with Crippen LogP contribution >= 0.6 is 0 Å². The number of nitrogens with one attached hydrogen (secondary N) is 1. The van der Waals surface area contributed by atoms with Crippen LogP contribution in [0.1, 0.15) is 35.7 Å². The number of rotatable bonds is 6. The number of anilines is 2. The lowest BCUT2D eigenvalue weighted by Crippen LogP contribution is -2.43. The zero-order valence-corrected chi connectivity index (χ0v) is 17.3. The smallest absolute Gasteiger partial charge is 0.338 e. The third-order valence-corrected chi connectivity index (χ3v) is 5.68. The third kappa shape index (κ3) is 4.38. The maximum atomic E-state index is 13.4. The number of likely N-dealkylation sites (N-methyl/N-ethyl adjacent to an activating group) is 1. The Labute approximate surface area is 179 Å². The Hall–Kier alpha value is -3.42. The predicted octanol–water partition coefficient (Wildman–Crippen LogP) is 2.95. The molecule has 0 saturated carbocycles. The molecule has 0 bridgehead atoms. The second-order valence-electron chi connectivity index (χ2n) is 7.69. The van der Waals surface area contributed by atoms with Crippen LogP contribution in [0.2, 0.25) is 0 Å². The number of esters is 1. The van der Waals surface area contributed by atoms with Crippen LogP contribution in [0.15, 0.2) is 42.5 Å². The maximum Gasteiger partial charge on any atom is 0.338 e. The molecule has 0 aromatic heterocycles. The van der Waals surface area contributed by atoms with Crippen LogP contribution in [0.3, 0.4) is 0 Å². The average molecular weight is 425 g/mol. The summed E-state index contributed by atoms with van der Waals surface area (Å²) in [5.41, 5.74) is 2.39. The number of carbonyl (C=O) groups is 3. The molecule has 2 aromatic rings. The van der Waals surface area contributed by atoms with Crippen molar-refractivity contribution in [2.24, 2.45) is 0 Å². The summed E-state index contributed by atoms with van der Waals surface area (Å²) in [4.78, 5) is 40.8. The predicted molar refractivity (Wildman–Crippen MR) is 113 cm³/mol. The standard InChI is InChI=1S/C23H24FN3O4/c1-2-26(13-15-5-3-6-17(24)11-15)21(28)14-31-23(30)16-8-9-19-18(12-16)25-22(29)20-7-4-10-27(19)20/h3,5-6,8-9,11-12,20H,2,4,7,10,13-14H2,1H3,(H,25,29). The molecule has 162 valence electrons. The first kappa shape index (κ1) is 20.8. The van der Waals surface area contributed by atoms with Gasteiger partial charge in [0.2, 0.25) is 5.91 Å². The Morgan fingerprint density at radius 2 is 2.10 bits per heavy atom. The fourth-order valence-corrected chi connectivity index (χ4v) is 4.09. The summed E-state index contributed by atoms with van der Waals surface area (Å²) in [6.07, 6.45) is 1.77. The molecule has 0 spiro atoms. The number of benzene rings is 2. The Morgan fingerprint density at radius 3 is 2.87 bits per heavy atom. The monoisotopic (exact) mass is 425 g/mol. The summed E-state index contributed by atoms with van der Waals surface area (Å²) in [7, 11) is 0. The van der Waals surface area contributed by atoms with E-state index in [1.54, 1.807) is 37.3 Å². The van der Waals surface area contributed by atoms with Crippen molar-refractivity contribution in [3.05, 3.63) is 59.4 Å². The molecule has 0 radical (unpaired) electrons. The molecule has 7 nitrogen and oxygen atoms in total. The van der Waals surface area contributed by atoms with Crippen LogP contribution in [0, 0.1) is 5.82 Å². The van der Waals surface area contributed by atoms with Gasteiger partial charge in [-0.15, -0.1) is 0 Å². The van der Waals surface area contributed by atoms with E-state index in [0.717, 1.165) is 25.1 Å². The van der Waals surface area contributed by atoms with Gasteiger partial charge in [0.15, 0.2) is 6.61 Å². The van der Waals surface area contributed by atoms with Gasteiger partial charge in [0.25, 0.3) is 5.91 Å². The van der Waals surface area contributed by atoms with E-state index in [0.29, 0.717) is 17.8 Å². The van der Waals surface area contributed by atoms with E-state index >= 15 is 0 Å². The molecule has 1 N–H and O–H groups in total. The lowest BCUT2D eigenvalue weighted by molar-refractivity contribution is -0.135. The maximum absolute atomic E-state index is 13.4. The molecule has 2 aliphatic heterocycles. The van der Waals surface area contributed by atoms with E-state index in [4.69, 9.17) is 4.74 Å². The van der Waals surface area contributed by atoms with Gasteiger partial charge in [-0.05, 0) is 55.7 Å². The molecule has 1 fully saturated rings. The Morgan fingerprint density at radius 1 is 1.26 bits per heavy atom. The number of ether oxygens (including phenoxy) is 1. The summed E-state index contributed by atoms with van der Waals surface area (Å²) in [5.74, 6) is -1.45. The van der Waals surface area contributed by atoms with Gasteiger partial charge in [0, 0.05) is 19.6 Å². The molecule has 1 saturated heterocycles. The molecule has 2 aromatic carbocycles. The lowest BCUT2D eigenvalue weighted by atomic mass is 10.1. The van der Waals surface area contributed by atoms with E-state index in [1.165, 1.54) is 17.0 Å². The Bertz CT molecular complexity index is 1030. The first-order valence-electron chi connectivity index (χ1n) is 10.4.